The Bertz CT molecular complexity index is 3560. The van der Waals surface area contributed by atoms with Crippen LogP contribution < -0.4 is 25.7 Å². The number of fused-ring (bicyclic) bond motifs is 3. The van der Waals surface area contributed by atoms with Crippen LogP contribution in [0.5, 0.6) is 11.5 Å². The fourth-order valence-electron chi connectivity index (χ4n) is 8.32. The van der Waals surface area contributed by atoms with Crippen LogP contribution in [0.15, 0.2) is 127 Å². The van der Waals surface area contributed by atoms with Gasteiger partial charge in [-0.25, -0.2) is 18.1 Å². The summed E-state index contributed by atoms with van der Waals surface area (Å²) in [6.07, 6.45) is 0.871. The first kappa shape index (κ1) is 49.4. The highest BCUT2D eigenvalue weighted by Crippen LogP contribution is 2.34. The predicted molar refractivity (Wildman–Crippen MR) is 253 cm³/mol. The molecule has 23 heteroatoms. The molecule has 0 aliphatic carbocycles. The molecule has 376 valence electrons. The Labute approximate surface area is 410 Å². The molecule has 2 N–H and O–H groups in total. The maximum absolute atomic E-state index is 16.7. The number of nitrogens with one attached hydrogen (secondary N) is 2. The van der Waals surface area contributed by atoms with Crippen LogP contribution >= 0.6 is 0 Å². The second-order valence-electron chi connectivity index (χ2n) is 17.9. The lowest BCUT2D eigenvalue weighted by atomic mass is 9.92. The van der Waals surface area contributed by atoms with Crippen LogP contribution in [0.2, 0.25) is 0 Å². The minimum Gasteiger partial charge on any atom is -0.484 e. The van der Waals surface area contributed by atoms with Gasteiger partial charge in [-0.1, -0.05) is 54.6 Å². The third kappa shape index (κ3) is 10.4. The molecule has 0 unspecified atom stereocenters. The molecule has 0 saturated heterocycles. The van der Waals surface area contributed by atoms with Gasteiger partial charge in [0.25, 0.3) is 11.8 Å². The Morgan fingerprint density at radius 2 is 1.33 bits per heavy atom. The zero-order valence-electron chi connectivity index (χ0n) is 39.4. The Balaban J connectivity index is 0.989. The van der Waals surface area contributed by atoms with Crippen molar-refractivity contribution in [1.82, 2.24) is 59.8 Å². The summed E-state index contributed by atoms with van der Waals surface area (Å²) in [6, 6.07) is 22.7. The lowest BCUT2D eigenvalue weighted by molar-refractivity contribution is -0.147. The van der Waals surface area contributed by atoms with E-state index in [1.807, 2.05) is 0 Å². The molecule has 73 heavy (non-hydrogen) atoms. The second kappa shape index (κ2) is 19.5. The number of halogens is 6. The van der Waals surface area contributed by atoms with Crippen LogP contribution in [-0.4, -0.2) is 84.9 Å². The molecule has 2 amide bonds. The Morgan fingerprint density at radius 1 is 0.699 bits per heavy atom. The van der Waals surface area contributed by atoms with E-state index < -0.39 is 71.9 Å². The van der Waals surface area contributed by atoms with Crippen molar-refractivity contribution in [3.63, 3.8) is 0 Å². The van der Waals surface area contributed by atoms with Crippen molar-refractivity contribution < 1.29 is 45.4 Å². The second-order valence-corrected chi connectivity index (χ2v) is 17.9. The highest BCUT2D eigenvalue weighted by Gasteiger charge is 2.43. The van der Waals surface area contributed by atoms with Crippen molar-refractivity contribution in [2.24, 2.45) is 13.0 Å². The standard InChI is InChI=1S/C50H44F6N12O5/c1-27(2)44(46(29-9-7-6-8-10-29)73-36-12-14-39-37(22-36)60-63-67(39)34-11-16-43(69)65(5)24-34)59-48(71)50(55,56)23-31-19-42-62-57-26-66(42)25-41(31)68-40-15-13-35(21-38(40)61-64-68)72-45(28(3)58-47(70)49(4,53)54)30-17-32(51)20-33(52)18-30/h6-22,24-28,44-46H,23H2,1-5H3,(H,58,70)(H,59,71)/t28-,44-,45-,46+/m0/s1. The fraction of sp³-hybridized carbons (Fsp3) is 0.260. The topological polar surface area (TPSA) is 190 Å². The summed E-state index contributed by atoms with van der Waals surface area (Å²) in [5, 5.41) is 29.6. The summed E-state index contributed by atoms with van der Waals surface area (Å²) in [5.41, 5.74) is 2.47. The molecule has 5 heterocycles. The average molecular weight is 1010 g/mol. The van der Waals surface area contributed by atoms with Crippen LogP contribution in [-0.2, 0) is 23.1 Å². The van der Waals surface area contributed by atoms with Crippen molar-refractivity contribution in [1.29, 1.82) is 0 Å². The summed E-state index contributed by atoms with van der Waals surface area (Å²) in [7, 11) is 1.62. The minimum atomic E-state index is -4.06. The molecule has 0 aliphatic rings. The van der Waals surface area contributed by atoms with Crippen LogP contribution in [0.1, 0.15) is 56.6 Å². The van der Waals surface area contributed by atoms with Gasteiger partial charge in [-0.05, 0) is 72.5 Å². The third-order valence-corrected chi connectivity index (χ3v) is 12.0. The van der Waals surface area contributed by atoms with E-state index in [1.165, 1.54) is 63.4 Å². The molecule has 9 rings (SSSR count). The van der Waals surface area contributed by atoms with Crippen LogP contribution in [0.25, 0.3) is 39.1 Å². The number of benzene rings is 4. The number of rotatable bonds is 17. The summed E-state index contributed by atoms with van der Waals surface area (Å²) < 4.78 is 108. The summed E-state index contributed by atoms with van der Waals surface area (Å²) in [6.45, 7) is 5.25. The van der Waals surface area contributed by atoms with Gasteiger partial charge in [-0.15, -0.1) is 20.4 Å². The van der Waals surface area contributed by atoms with Gasteiger partial charge in [-0.3, -0.25) is 18.8 Å². The quantitative estimate of drug-likeness (QED) is 0.0855. The maximum atomic E-state index is 16.7. The molecule has 0 saturated carbocycles. The van der Waals surface area contributed by atoms with Gasteiger partial charge < -0.3 is 24.7 Å². The van der Waals surface area contributed by atoms with E-state index in [1.54, 1.807) is 86.4 Å². The maximum Gasteiger partial charge on any atom is 0.328 e. The molecule has 4 aromatic carbocycles. The lowest BCUT2D eigenvalue weighted by Gasteiger charge is -2.33. The largest absolute Gasteiger partial charge is 0.484 e. The van der Waals surface area contributed by atoms with Gasteiger partial charge in [0.05, 0.1) is 34.5 Å². The van der Waals surface area contributed by atoms with Gasteiger partial charge in [0.1, 0.15) is 52.7 Å². The van der Waals surface area contributed by atoms with E-state index in [0.29, 0.717) is 41.0 Å². The number of aryl methyl sites for hydroxylation is 1. The van der Waals surface area contributed by atoms with Crippen LogP contribution in [0.4, 0.5) is 26.3 Å². The number of carbonyl (C=O) groups excluding carboxylic acids is 2. The number of amides is 2. The number of pyridine rings is 2. The van der Waals surface area contributed by atoms with Gasteiger partial charge in [0.2, 0.25) is 5.56 Å². The van der Waals surface area contributed by atoms with Gasteiger partial charge in [0, 0.05) is 62.6 Å². The molecular formula is C50H44F6N12O5. The number of carbonyl (C=O) groups is 2. The molecule has 4 atom stereocenters. The average Bonchev–Trinajstić information content (AvgIpc) is 4.10. The molecule has 0 aliphatic heterocycles. The van der Waals surface area contributed by atoms with E-state index in [0.717, 1.165) is 12.1 Å². The Morgan fingerprint density at radius 3 is 1.96 bits per heavy atom. The van der Waals surface area contributed by atoms with Crippen molar-refractivity contribution in [2.75, 3.05) is 0 Å². The SMILES string of the molecule is CC(C)[C@H](NC(=O)C(F)(F)Cc1cc2nncn2cc1-n1nnc2cc(O[C@H](c3cc(F)cc(F)c3)[C@H](C)NC(=O)C(C)(F)F)ccc21)[C@H](Oc1ccc2c(c1)nnn2-c1ccc(=O)n(C)c1)c1ccccc1. The summed E-state index contributed by atoms with van der Waals surface area (Å²) in [5.74, 6) is -13.2. The van der Waals surface area contributed by atoms with E-state index in [9.17, 15) is 31.9 Å². The van der Waals surface area contributed by atoms with E-state index in [2.05, 4.69) is 41.5 Å². The zero-order chi connectivity index (χ0) is 51.9. The molecule has 17 nitrogen and oxygen atoms in total. The van der Waals surface area contributed by atoms with Crippen molar-refractivity contribution in [3.8, 4) is 22.9 Å². The number of hydrogen-bond acceptors (Lipinski definition) is 11. The molecule has 0 fully saturated rings. The predicted octanol–water partition coefficient (Wildman–Crippen LogP) is 7.59. The first-order valence-corrected chi connectivity index (χ1v) is 22.6. The molecule has 9 aromatic rings. The first-order valence-electron chi connectivity index (χ1n) is 22.6. The van der Waals surface area contributed by atoms with Gasteiger partial charge in [0.15, 0.2) is 5.65 Å². The summed E-state index contributed by atoms with van der Waals surface area (Å²) in [4.78, 5) is 38.3. The monoisotopic (exact) mass is 1010 g/mol. The van der Waals surface area contributed by atoms with E-state index >= 15 is 8.78 Å². The molecular weight excluding hydrogens is 963 g/mol. The van der Waals surface area contributed by atoms with Crippen molar-refractivity contribution in [3.05, 3.63) is 161 Å². The zero-order valence-corrected chi connectivity index (χ0v) is 39.4. The van der Waals surface area contributed by atoms with E-state index in [4.69, 9.17) is 9.47 Å². The third-order valence-electron chi connectivity index (χ3n) is 12.0. The molecule has 5 aromatic heterocycles. The number of aromatic nitrogens is 10. The lowest BCUT2D eigenvalue weighted by Crippen LogP contribution is -2.51. The fourth-order valence-corrected chi connectivity index (χ4v) is 8.32. The smallest absolute Gasteiger partial charge is 0.328 e. The van der Waals surface area contributed by atoms with Crippen LogP contribution in [0.3, 0.4) is 0 Å². The highest BCUT2D eigenvalue weighted by atomic mass is 19.3. The highest BCUT2D eigenvalue weighted by molar-refractivity contribution is 5.85. The van der Waals surface area contributed by atoms with Crippen molar-refractivity contribution >= 4 is 39.5 Å². The number of hydrogen-bond donors (Lipinski definition) is 2. The summed E-state index contributed by atoms with van der Waals surface area (Å²) >= 11 is 0. The Hall–Kier alpha value is -8.63. The number of ether oxygens (including phenoxy) is 2. The van der Waals surface area contributed by atoms with Crippen molar-refractivity contribution in [2.45, 2.75) is 70.3 Å². The molecule has 0 spiro atoms. The number of nitrogens with zero attached hydrogens (tertiary/aromatic N) is 10. The molecule has 0 bridgehead atoms. The Kier molecular flexibility index (Phi) is 13.2. The molecule has 0 radical (unpaired) electrons. The van der Waals surface area contributed by atoms with Crippen LogP contribution in [0, 0.1) is 17.6 Å². The normalized spacial score (nSPS) is 13.8. The number of alkyl halides is 4. The first-order chi connectivity index (χ1) is 34.7. The van der Waals surface area contributed by atoms with Gasteiger partial charge in [-0.2, -0.15) is 17.6 Å². The van der Waals surface area contributed by atoms with E-state index in [-0.39, 0.29) is 44.8 Å². The minimum absolute atomic E-state index is 0.0140. The van der Waals surface area contributed by atoms with Gasteiger partial charge >= 0.3 is 11.8 Å².